The summed E-state index contributed by atoms with van der Waals surface area (Å²) >= 11 is 6.85. The summed E-state index contributed by atoms with van der Waals surface area (Å²) in [7, 11) is 3.86. The van der Waals surface area contributed by atoms with Gasteiger partial charge >= 0.3 is 42.1 Å². The van der Waals surface area contributed by atoms with Crippen LogP contribution in [-0.2, 0) is 46.8 Å². The first kappa shape index (κ1) is 69.0. The number of primary sulfonamides is 1. The van der Waals surface area contributed by atoms with Crippen LogP contribution in [0.2, 0.25) is 0 Å². The monoisotopic (exact) mass is 1410 g/mol. The molecule has 0 fully saturated rings. The molecule has 0 aliphatic rings. The predicted octanol–water partition coefficient (Wildman–Crippen LogP) is 12.7. The van der Waals surface area contributed by atoms with Crippen LogP contribution >= 0.6 is 85.5 Å². The summed E-state index contributed by atoms with van der Waals surface area (Å²) in [6.07, 6.45) is 0. The molecule has 0 aliphatic carbocycles. The van der Waals surface area contributed by atoms with E-state index in [9.17, 15) is 18.0 Å². The van der Waals surface area contributed by atoms with Gasteiger partial charge < -0.3 is 10.0 Å². The number of carbonyl (C=O) groups is 2. The Labute approximate surface area is 526 Å². The number of ketones is 2. The summed E-state index contributed by atoms with van der Waals surface area (Å²) in [6, 6.07) is 86.7. The van der Waals surface area contributed by atoms with E-state index < -0.39 is 33.0 Å². The van der Waals surface area contributed by atoms with Crippen molar-refractivity contribution in [3.05, 3.63) is 280 Å². The SMILES string of the molecule is CC(=O)c1ccc(-c2cccc(CSOON)c2)s1.CC(=O)c1ccc(B(O)O)s1.NS(=O)(=O)Cc1cccc(Br)c1.[Cl][Pd][Cl].c1ccc(P(c2ccccc2)c2ccccc2)cc1.c1ccc(P(c2ccccc2)c2ccccc2)cc1. The number of carbonyl (C=O) groups excluding carboxylic acids is 2. The molecule has 0 unspecified atom stereocenters. The summed E-state index contributed by atoms with van der Waals surface area (Å²) in [6.45, 7) is 3.02. The molecule has 0 spiro atoms. The van der Waals surface area contributed by atoms with Gasteiger partial charge in [0.05, 0.1) is 15.5 Å². The van der Waals surface area contributed by atoms with Crippen LogP contribution in [0, 0.1) is 0 Å². The number of sulfonamides is 1. The first-order chi connectivity index (χ1) is 40.1. The summed E-state index contributed by atoms with van der Waals surface area (Å²) in [5, 5.41) is 30.6. The Bertz CT molecular complexity index is 3270. The largest absolute Gasteiger partial charge is 0.0622 e. The maximum absolute atomic E-state index is 11.3. The van der Waals surface area contributed by atoms with E-state index in [0.29, 0.717) is 21.0 Å². The third-order valence-corrected chi connectivity index (χ3v) is 20.3. The number of hydrogen-bond donors (Lipinski definition) is 4. The second kappa shape index (κ2) is 38.3. The molecule has 0 radical (unpaired) electrons. The molecule has 10 nitrogen and oxygen atoms in total. The summed E-state index contributed by atoms with van der Waals surface area (Å²) in [4.78, 5) is 28.5. The van der Waals surface area contributed by atoms with Gasteiger partial charge in [0.15, 0.2) is 11.6 Å². The maximum Gasteiger partial charge on any atom is -0.0134 e. The van der Waals surface area contributed by atoms with Gasteiger partial charge in [-0.25, -0.2) is 13.6 Å². The van der Waals surface area contributed by atoms with Crippen molar-refractivity contribution in [3.63, 3.8) is 0 Å². The Morgan fingerprint density at radius 2 is 0.928 bits per heavy atom. The van der Waals surface area contributed by atoms with Crippen molar-refractivity contribution in [1.82, 2.24) is 0 Å². The van der Waals surface area contributed by atoms with Crippen LogP contribution in [0.1, 0.15) is 44.3 Å². The van der Waals surface area contributed by atoms with Crippen LogP contribution in [0.3, 0.4) is 0 Å². The number of thiophene rings is 2. The molecule has 0 bridgehead atoms. The van der Waals surface area contributed by atoms with Crippen LogP contribution in [0.4, 0.5) is 0 Å². The van der Waals surface area contributed by atoms with Crippen LogP contribution in [0.5, 0.6) is 0 Å². The average Bonchev–Trinajstić information content (AvgIpc) is 4.41. The first-order valence-electron chi connectivity index (χ1n) is 24.9. The molecule has 0 saturated heterocycles. The minimum absolute atomic E-state index is 0.0538. The molecular weight excluding hydrogens is 1360 g/mol. The van der Waals surface area contributed by atoms with Crippen molar-refractivity contribution >= 4 is 151 Å². The van der Waals surface area contributed by atoms with Crippen LogP contribution in [0.25, 0.3) is 10.4 Å². The summed E-state index contributed by atoms with van der Waals surface area (Å²) in [5.41, 5.74) is 2.87. The molecule has 10 aromatic rings. The summed E-state index contributed by atoms with van der Waals surface area (Å²) in [5.74, 6) is 5.33. The number of rotatable bonds is 16. The second-order valence-electron chi connectivity index (χ2n) is 17.1. The maximum atomic E-state index is 11.3. The van der Waals surface area contributed by atoms with Crippen molar-refractivity contribution in [2.75, 3.05) is 0 Å². The number of nitrogens with two attached hydrogens (primary N) is 2. The van der Waals surface area contributed by atoms with Crippen LogP contribution in [-0.4, -0.2) is 37.2 Å². The van der Waals surface area contributed by atoms with Gasteiger partial charge in [0.1, 0.15) is 0 Å². The van der Waals surface area contributed by atoms with Gasteiger partial charge in [-0.2, -0.15) is 5.90 Å². The number of benzene rings is 8. The van der Waals surface area contributed by atoms with E-state index >= 15 is 0 Å². The van der Waals surface area contributed by atoms with Gasteiger partial charge in [-0.3, -0.25) is 9.59 Å². The fourth-order valence-electron chi connectivity index (χ4n) is 7.51. The van der Waals surface area contributed by atoms with Crippen molar-refractivity contribution in [3.8, 4) is 10.4 Å². The van der Waals surface area contributed by atoms with Gasteiger partial charge in [0.25, 0.3) is 0 Å². The van der Waals surface area contributed by atoms with Gasteiger partial charge in [0, 0.05) is 31.9 Å². The van der Waals surface area contributed by atoms with Crippen LogP contribution < -0.4 is 47.6 Å². The molecule has 8 aromatic carbocycles. The van der Waals surface area contributed by atoms with Crippen LogP contribution in [0.15, 0.2) is 259 Å². The molecule has 0 atom stereocenters. The van der Waals surface area contributed by atoms with Crippen molar-refractivity contribution in [2.24, 2.45) is 11.0 Å². The van der Waals surface area contributed by atoms with Crippen molar-refractivity contribution in [1.29, 1.82) is 0 Å². The first-order valence-corrected chi connectivity index (χ1v) is 36.6. The Hall–Kier alpha value is -4.79. The van der Waals surface area contributed by atoms with E-state index in [0.717, 1.165) is 48.7 Å². The smallest absolute Gasteiger partial charge is 0.0134 e. The van der Waals surface area contributed by atoms with Gasteiger partial charge in [-0.05, 0) is 115 Å². The molecule has 83 heavy (non-hydrogen) atoms. The average molecular weight is 1420 g/mol. The minimum Gasteiger partial charge on any atom is -0.0622 e. The van der Waals surface area contributed by atoms with E-state index in [2.05, 4.69) is 213 Å². The normalized spacial score (nSPS) is 10.5. The fourth-order valence-corrected chi connectivity index (χ4v) is 15.3. The molecule has 2 aromatic heterocycles. The Kier molecular flexibility index (Phi) is 31.8. The number of halogens is 3. The molecule has 21 heteroatoms. The van der Waals surface area contributed by atoms with Crippen molar-refractivity contribution in [2.45, 2.75) is 25.4 Å². The van der Waals surface area contributed by atoms with Crippen molar-refractivity contribution < 1.29 is 53.3 Å². The Morgan fingerprint density at radius 3 is 1.25 bits per heavy atom. The third kappa shape index (κ3) is 25.4. The standard InChI is InChI=1S/2C18H15P.C13H13NO3S2.C7H8BrNO2S.C6H7BO3S.2ClH.Pd/c2*1-4-10-16(11-5-1)19(17-12-6-2-7-13-17)18-14-8-3-9-15-18;1-9(15)12-5-6-13(19-12)11-4-2-3-10(7-11)8-18-17-16-14;8-7-3-1-2-6(4-7)5-12(9,10)11;1-4(8)5-2-3-6(11-5)7(9)10;;;/h2*1-15H;2-7H,8,14H2,1H3;1-4H,5H2,(H2,9,10,11);2-3,9-10H,1H3;2*1H;/q;;;;;;;+2/p-2. The predicted molar refractivity (Wildman–Crippen MR) is 355 cm³/mol. The van der Waals surface area contributed by atoms with E-state index in [1.54, 1.807) is 31.2 Å². The zero-order chi connectivity index (χ0) is 59.8. The molecular formula is C62H58BBrCl2N2O8P2PdS4. The number of Topliss-reactive ketones (excluding diaryl/α,β-unsaturated/α-hetero) is 2. The zero-order valence-electron chi connectivity index (χ0n) is 44.7. The third-order valence-electron chi connectivity index (χ3n) is 11.0. The molecule has 0 aliphatic heterocycles. The van der Waals surface area contributed by atoms with Gasteiger partial charge in [0.2, 0.25) is 10.0 Å². The molecule has 0 saturated carbocycles. The van der Waals surface area contributed by atoms with E-state index in [4.69, 9.17) is 40.1 Å². The zero-order valence-corrected chi connectivity index (χ0v) is 54.4. The topological polar surface area (TPSA) is 179 Å². The van der Waals surface area contributed by atoms with E-state index in [-0.39, 0.29) is 33.3 Å². The molecule has 0 amide bonds. The van der Waals surface area contributed by atoms with Gasteiger partial charge in [-0.1, -0.05) is 234 Å². The Balaban J connectivity index is 0.000000191. The van der Waals surface area contributed by atoms with E-state index in [1.165, 1.54) is 56.2 Å². The minimum atomic E-state index is -3.41. The molecule has 432 valence electrons. The summed E-state index contributed by atoms with van der Waals surface area (Å²) < 4.78 is 27.2. The molecule has 6 N–H and O–H groups in total. The fraction of sp³-hybridized carbons (Fsp3) is 0.0645. The number of hydrogen-bond acceptors (Lipinski definition) is 12. The quantitative estimate of drug-likeness (QED) is 0.0138. The Morgan fingerprint density at radius 1 is 0.554 bits per heavy atom. The second-order valence-corrected chi connectivity index (χ2v) is 29.3. The molecule has 10 rings (SSSR count). The van der Waals surface area contributed by atoms with Gasteiger partial charge in [-0.15, -0.1) is 32.0 Å². The molecule has 2 heterocycles. The van der Waals surface area contributed by atoms with E-state index in [1.807, 2.05) is 36.4 Å².